The minimum absolute atomic E-state index is 0.0247. The maximum absolute atomic E-state index is 12.0. The predicted octanol–water partition coefficient (Wildman–Crippen LogP) is 0.0406. The molecule has 0 radical (unpaired) electrons. The number of rotatable bonds is 6. The predicted molar refractivity (Wildman–Crippen MR) is 89.9 cm³/mol. The van der Waals surface area contributed by atoms with Gasteiger partial charge in [-0.2, -0.15) is 0 Å². The van der Waals surface area contributed by atoms with E-state index in [9.17, 15) is 25.2 Å². The van der Waals surface area contributed by atoms with E-state index in [-0.39, 0.29) is 18.1 Å². The van der Waals surface area contributed by atoms with E-state index in [1.165, 1.54) is 30.3 Å². The number of methoxy groups -OCH3 is 1. The summed E-state index contributed by atoms with van der Waals surface area (Å²) in [5, 5.41) is 42.5. The number of esters is 1. The lowest BCUT2D eigenvalue weighted by Gasteiger charge is -2.39. The molecule has 0 bridgehead atoms. The van der Waals surface area contributed by atoms with Crippen molar-refractivity contribution < 1.29 is 39.4 Å². The van der Waals surface area contributed by atoms with Crippen molar-refractivity contribution in [1.82, 2.24) is 0 Å². The van der Waals surface area contributed by atoms with E-state index in [2.05, 4.69) is 14.8 Å². The number of phenols is 1. The second-order valence-corrected chi connectivity index (χ2v) is 5.64. The number of aliphatic hydroxyl groups excluding tert-OH is 3. The quantitative estimate of drug-likeness (QED) is 0.133. The average molecular weight is 381 g/mol. The Morgan fingerprint density at radius 1 is 1.26 bits per heavy atom. The molecule has 4 N–H and O–H groups in total. The molecule has 1 aliphatic rings. The molecule has 0 spiro atoms. The molecule has 0 amide bonds. The number of azide groups is 1. The summed E-state index contributed by atoms with van der Waals surface area (Å²) < 4.78 is 15.3. The van der Waals surface area contributed by atoms with Gasteiger partial charge >= 0.3 is 5.97 Å². The lowest BCUT2D eigenvalue weighted by atomic mass is 9.99. The van der Waals surface area contributed by atoms with Gasteiger partial charge in [-0.05, 0) is 29.3 Å². The van der Waals surface area contributed by atoms with E-state index in [0.717, 1.165) is 7.11 Å². The fourth-order valence-electron chi connectivity index (χ4n) is 2.37. The molecule has 1 heterocycles. The number of nitrogens with zero attached hydrogens (tertiary/aromatic N) is 3. The van der Waals surface area contributed by atoms with Gasteiger partial charge in [-0.15, -0.1) is 0 Å². The number of carbonyl (C=O) groups is 1. The van der Waals surface area contributed by atoms with E-state index >= 15 is 0 Å². The first kappa shape index (κ1) is 20.5. The maximum Gasteiger partial charge on any atom is 0.373 e. The first-order valence-electron chi connectivity index (χ1n) is 7.83. The summed E-state index contributed by atoms with van der Waals surface area (Å²) >= 11 is 0. The Morgan fingerprint density at radius 2 is 1.93 bits per heavy atom. The van der Waals surface area contributed by atoms with Gasteiger partial charge in [0.25, 0.3) is 0 Å². The van der Waals surface area contributed by atoms with Crippen molar-refractivity contribution in [1.29, 1.82) is 0 Å². The molecule has 2 rings (SSSR count). The van der Waals surface area contributed by atoms with E-state index in [4.69, 9.17) is 15.0 Å². The minimum Gasteiger partial charge on any atom is -0.508 e. The third kappa shape index (κ3) is 5.09. The van der Waals surface area contributed by atoms with Gasteiger partial charge in [0, 0.05) is 4.91 Å². The SMILES string of the molecule is COC(=O)/C(=C/c1ccc(O)cc1)O[C@@H]1O[C@H](CN=[N+]=[N-])[C@H](O)[C@H](O)[C@H]1O. The van der Waals surface area contributed by atoms with Crippen molar-refractivity contribution in [3.8, 4) is 5.75 Å². The summed E-state index contributed by atoms with van der Waals surface area (Å²) in [5.41, 5.74) is 8.87. The summed E-state index contributed by atoms with van der Waals surface area (Å²) in [4.78, 5) is 14.5. The topological polar surface area (TPSA) is 174 Å². The number of hydrogen-bond donors (Lipinski definition) is 4. The molecule has 1 aromatic carbocycles. The highest BCUT2D eigenvalue weighted by Crippen LogP contribution is 2.25. The molecule has 0 aromatic heterocycles. The number of carbonyl (C=O) groups excluding carboxylic acids is 1. The second kappa shape index (κ2) is 9.21. The van der Waals surface area contributed by atoms with Crippen LogP contribution >= 0.6 is 0 Å². The first-order valence-corrected chi connectivity index (χ1v) is 7.83. The van der Waals surface area contributed by atoms with E-state index in [1.807, 2.05) is 0 Å². The van der Waals surface area contributed by atoms with Crippen LogP contribution < -0.4 is 0 Å². The summed E-state index contributed by atoms with van der Waals surface area (Å²) in [6.45, 7) is -0.323. The zero-order chi connectivity index (χ0) is 20.0. The van der Waals surface area contributed by atoms with Gasteiger partial charge in [-0.3, -0.25) is 0 Å². The third-order valence-electron chi connectivity index (χ3n) is 3.81. The molecular formula is C16H19N3O8. The van der Waals surface area contributed by atoms with Gasteiger partial charge in [0.1, 0.15) is 24.1 Å². The Bertz CT molecular complexity index is 732. The van der Waals surface area contributed by atoms with Crippen molar-refractivity contribution in [3.63, 3.8) is 0 Å². The molecule has 0 unspecified atom stereocenters. The van der Waals surface area contributed by atoms with Crippen LogP contribution in [0.4, 0.5) is 0 Å². The largest absolute Gasteiger partial charge is 0.508 e. The van der Waals surface area contributed by atoms with Crippen LogP contribution in [-0.2, 0) is 19.0 Å². The normalized spacial score (nSPS) is 28.1. The summed E-state index contributed by atoms with van der Waals surface area (Å²) in [6.07, 6.45) is -6.28. The molecule has 27 heavy (non-hydrogen) atoms. The number of benzene rings is 1. The van der Waals surface area contributed by atoms with Gasteiger partial charge in [0.2, 0.25) is 12.0 Å². The molecule has 1 aliphatic heterocycles. The highest BCUT2D eigenvalue weighted by atomic mass is 16.7. The van der Waals surface area contributed by atoms with E-state index in [0.29, 0.717) is 5.56 Å². The summed E-state index contributed by atoms with van der Waals surface area (Å²) in [7, 11) is 1.12. The Kier molecular flexibility index (Phi) is 6.99. The van der Waals surface area contributed by atoms with Gasteiger partial charge in [-0.1, -0.05) is 17.2 Å². The van der Waals surface area contributed by atoms with Gasteiger partial charge in [0.05, 0.1) is 19.8 Å². The first-order chi connectivity index (χ1) is 12.9. The summed E-state index contributed by atoms with van der Waals surface area (Å²) in [5.74, 6) is -1.21. The van der Waals surface area contributed by atoms with Crippen LogP contribution in [0.15, 0.2) is 35.1 Å². The Morgan fingerprint density at radius 3 is 2.52 bits per heavy atom. The van der Waals surface area contributed by atoms with Crippen molar-refractivity contribution in [2.24, 2.45) is 5.11 Å². The highest BCUT2D eigenvalue weighted by molar-refractivity contribution is 5.91. The van der Waals surface area contributed by atoms with Gasteiger partial charge in [-0.25, -0.2) is 4.79 Å². The fourth-order valence-corrected chi connectivity index (χ4v) is 2.37. The molecule has 11 nitrogen and oxygen atoms in total. The van der Waals surface area contributed by atoms with Crippen LogP contribution in [0.1, 0.15) is 5.56 Å². The lowest BCUT2D eigenvalue weighted by Crippen LogP contribution is -2.59. The molecule has 1 saturated heterocycles. The van der Waals surface area contributed by atoms with Crippen LogP contribution in [0, 0.1) is 0 Å². The molecule has 1 fully saturated rings. The van der Waals surface area contributed by atoms with Crippen LogP contribution in [0.5, 0.6) is 5.75 Å². The number of aromatic hydroxyl groups is 1. The highest BCUT2D eigenvalue weighted by Gasteiger charge is 2.45. The fraction of sp³-hybridized carbons (Fsp3) is 0.438. The van der Waals surface area contributed by atoms with Gasteiger partial charge in [0.15, 0.2) is 0 Å². The molecule has 146 valence electrons. The van der Waals surface area contributed by atoms with Crippen molar-refractivity contribution in [2.75, 3.05) is 13.7 Å². The summed E-state index contributed by atoms with van der Waals surface area (Å²) in [6, 6.07) is 5.79. The monoisotopic (exact) mass is 381 g/mol. The van der Waals surface area contributed by atoms with Crippen LogP contribution in [-0.4, -0.2) is 70.8 Å². The zero-order valence-corrected chi connectivity index (χ0v) is 14.2. The van der Waals surface area contributed by atoms with Crippen LogP contribution in [0.2, 0.25) is 0 Å². The number of phenolic OH excluding ortho intramolecular Hbond substituents is 1. The van der Waals surface area contributed by atoms with Crippen LogP contribution in [0.3, 0.4) is 0 Å². The van der Waals surface area contributed by atoms with E-state index in [1.54, 1.807) is 0 Å². The molecule has 0 aliphatic carbocycles. The minimum atomic E-state index is -1.69. The van der Waals surface area contributed by atoms with E-state index < -0.39 is 36.7 Å². The number of hydrogen-bond acceptors (Lipinski definition) is 9. The lowest BCUT2D eigenvalue weighted by molar-refractivity contribution is -0.284. The average Bonchev–Trinajstić information content (AvgIpc) is 2.67. The second-order valence-electron chi connectivity index (χ2n) is 5.64. The molecule has 5 atom stereocenters. The third-order valence-corrected chi connectivity index (χ3v) is 3.81. The number of ether oxygens (including phenoxy) is 3. The molecular weight excluding hydrogens is 362 g/mol. The Hall–Kier alpha value is -2.82. The zero-order valence-electron chi connectivity index (χ0n) is 14.2. The Balaban J connectivity index is 2.25. The molecule has 0 saturated carbocycles. The van der Waals surface area contributed by atoms with Crippen LogP contribution in [0.25, 0.3) is 16.5 Å². The molecule has 1 aromatic rings. The maximum atomic E-state index is 12.0. The Labute approximate surface area is 153 Å². The van der Waals surface area contributed by atoms with Crippen molar-refractivity contribution >= 4 is 12.0 Å². The van der Waals surface area contributed by atoms with Gasteiger partial charge < -0.3 is 34.6 Å². The molecule has 11 heteroatoms. The standard InChI is InChI=1S/C16H19N3O8/c1-25-15(24)10(6-8-2-4-9(20)5-3-8)26-16-14(23)13(22)12(21)11(27-16)7-18-19-17/h2-6,11-14,16,20-23H,7H2,1H3/b10-6-/t11-,12+,13+,14-,16-/m1/s1. The number of aliphatic hydroxyl groups is 3. The van der Waals surface area contributed by atoms with Crippen molar-refractivity contribution in [2.45, 2.75) is 30.7 Å². The van der Waals surface area contributed by atoms with Crippen molar-refractivity contribution in [3.05, 3.63) is 46.0 Å². The smallest absolute Gasteiger partial charge is 0.373 e.